The molecule has 0 nitrogen and oxygen atoms in total. The van der Waals surface area contributed by atoms with Crippen LogP contribution < -0.4 is 86.1 Å². The van der Waals surface area contributed by atoms with Gasteiger partial charge in [-0.2, -0.15) is 0 Å². The van der Waals surface area contributed by atoms with E-state index in [2.05, 4.69) is 183 Å². The predicted octanol–water partition coefficient (Wildman–Crippen LogP) is 16.8. The second-order valence-corrected chi connectivity index (χ2v) is 33.4. The van der Waals surface area contributed by atoms with Crippen molar-refractivity contribution in [3.63, 3.8) is 0 Å². The van der Waals surface area contributed by atoms with Crippen LogP contribution in [0.3, 0.4) is 0 Å². The molecule has 12 aromatic rings. The molecular weight excluding hydrogens is 1990 g/mol. The molecule has 0 saturated carbocycles. The van der Waals surface area contributed by atoms with Gasteiger partial charge in [0.05, 0.1) is 44.5 Å². The SMILES string of the molecule is C=Cc1c(F)c(F)c([B-](c2c(F)c(F)c(C=C)c(F)c2F)(c2c(F)c(F)c(C=C)c(F)c2F)c2c(F)c(F)c(C=C)c(F)c2F)c(F)c1F.C=Cc1c(F)c(F)c([B-](c2c(F)c(F)c(C=C)c(F)c2F)(c2c(F)c(F)c(C=C)c(F)c2F)c2c(F)c(F)c(C=C)c(F)c2F)c(F)c1F.Cc1ccc([I+]c2ccc(C(C)C)cc2)cc1.c1ccc([I+]c2ccccc2)cc1. The highest BCUT2D eigenvalue weighted by molar-refractivity contribution is 7.21. The fraction of sp³-hybridized carbons (Fsp3) is 0.0435. The summed E-state index contributed by atoms with van der Waals surface area (Å²) in [6, 6.07) is 39.5. The van der Waals surface area contributed by atoms with Crippen LogP contribution in [-0.2, 0) is 0 Å². The van der Waals surface area contributed by atoms with Crippen LogP contribution in [-0.4, -0.2) is 12.3 Å². The molecule has 0 atom stereocenters. The Morgan fingerprint density at radius 2 is 0.328 bits per heavy atom. The third kappa shape index (κ3) is 17.0. The molecule has 0 aliphatic rings. The molecule has 0 N–H and O–H groups in total. The van der Waals surface area contributed by atoms with Crippen molar-refractivity contribution >= 4 is 105 Å². The zero-order valence-electron chi connectivity index (χ0n) is 65.3. The summed E-state index contributed by atoms with van der Waals surface area (Å²) in [7, 11) is 0. The first-order chi connectivity index (χ1) is 60.3. The summed E-state index contributed by atoms with van der Waals surface area (Å²) in [5.41, 5.74) is -36.6. The van der Waals surface area contributed by atoms with Crippen LogP contribution >= 0.6 is 0 Å². The highest BCUT2D eigenvalue weighted by Crippen LogP contribution is 2.37. The van der Waals surface area contributed by atoms with Gasteiger partial charge in [0, 0.05) is 0 Å². The van der Waals surface area contributed by atoms with E-state index < -0.39 is 287 Å². The highest BCUT2D eigenvalue weighted by Gasteiger charge is 2.55. The number of rotatable bonds is 21. The van der Waals surface area contributed by atoms with Gasteiger partial charge in [0.2, 0.25) is 0 Å². The zero-order valence-corrected chi connectivity index (χ0v) is 69.6. The molecule has 0 unspecified atom stereocenters. The third-order valence-corrected chi connectivity index (χ3v) is 25.6. The van der Waals surface area contributed by atoms with Crippen LogP contribution in [0.2, 0.25) is 0 Å². The third-order valence-electron chi connectivity index (χ3n) is 20.2. The van der Waals surface area contributed by atoms with Crippen molar-refractivity contribution in [2.75, 3.05) is 0 Å². The van der Waals surface area contributed by atoms with E-state index >= 15 is 140 Å². The van der Waals surface area contributed by atoms with Gasteiger partial charge < -0.3 is 0 Å². The van der Waals surface area contributed by atoms with Crippen molar-refractivity contribution in [1.29, 1.82) is 0 Å². The molecule has 0 fully saturated rings. The smallest absolute Gasteiger partial charge is 0.207 e. The van der Waals surface area contributed by atoms with Gasteiger partial charge in [-0.05, 0) is 66.9 Å². The summed E-state index contributed by atoms with van der Waals surface area (Å²) >= 11 is 0.0120. The fourth-order valence-corrected chi connectivity index (χ4v) is 18.7. The summed E-state index contributed by atoms with van der Waals surface area (Å²) in [4.78, 5) is 0. The predicted molar refractivity (Wildman–Crippen MR) is 419 cm³/mol. The molecule has 36 heteroatoms. The minimum atomic E-state index is -6.71. The Hall–Kier alpha value is -12.1. The van der Waals surface area contributed by atoms with Gasteiger partial charge in [-0.15, -0.1) is 43.7 Å². The van der Waals surface area contributed by atoms with Crippen molar-refractivity contribution in [1.82, 2.24) is 0 Å². The lowest BCUT2D eigenvalue weighted by atomic mass is 9.12. The van der Waals surface area contributed by atoms with Crippen LogP contribution in [0.5, 0.6) is 0 Å². The Bertz CT molecular complexity index is 5360. The summed E-state index contributed by atoms with van der Waals surface area (Å²) in [6.07, 6.45) is -13.3. The Labute approximate surface area is 727 Å². The Balaban J connectivity index is 0.000000218. The normalized spacial score (nSPS) is 11.3. The van der Waals surface area contributed by atoms with E-state index in [0.29, 0.717) is 5.92 Å². The van der Waals surface area contributed by atoms with E-state index in [0.717, 1.165) is 0 Å². The summed E-state index contributed by atoms with van der Waals surface area (Å²) < 4.78 is 509. The first kappa shape index (κ1) is 99.7. The molecule has 12 aromatic carbocycles. The second-order valence-electron chi connectivity index (χ2n) is 27.3. The first-order valence-electron chi connectivity index (χ1n) is 36.1. The standard InChI is InChI=1S/2C32H12BF16.C16H18I.C12H10I/c2*1-5-9-17(34)25(42)13(26(43)18(9)35)33(14-27(44)19(36)10(6-2)20(37)28(14)45,15-29(46)21(38)11(7-3)22(39)30(15)47)16-31(48)23(40)12(8-4)24(41)32(16)49;1-12(2)14-6-10-16(11-7-14)17-15-8-4-13(3)5-9-15;1-3-7-11(8-4-1)13-12-9-5-2-6-10-12/h2*5-8H,1-4H2;4-12H,1-3H3;1-10H/q2*-1;2*+1. The number of aryl methyl sites for hydroxylation is 1. The summed E-state index contributed by atoms with van der Waals surface area (Å²) in [5, 5.41) is 0. The largest absolute Gasteiger partial charge is 0.357 e. The van der Waals surface area contributed by atoms with Crippen LogP contribution in [0.1, 0.15) is 75.4 Å². The Kier molecular flexibility index (Phi) is 31.2. The van der Waals surface area contributed by atoms with Gasteiger partial charge in [0.1, 0.15) is 105 Å². The van der Waals surface area contributed by atoms with Gasteiger partial charge in [-0.3, -0.25) is 0 Å². The van der Waals surface area contributed by atoms with E-state index in [-0.39, 0.29) is 91.0 Å². The van der Waals surface area contributed by atoms with Crippen LogP contribution in [0, 0.1) is 207 Å². The van der Waals surface area contributed by atoms with Gasteiger partial charge in [-0.25, -0.2) is 140 Å². The summed E-state index contributed by atoms with van der Waals surface area (Å²) in [5.74, 6) is -94.3. The van der Waals surface area contributed by atoms with Crippen LogP contribution in [0.25, 0.3) is 48.6 Å². The molecule has 0 saturated heterocycles. The van der Waals surface area contributed by atoms with Gasteiger partial charge in [-0.1, -0.05) is 181 Å². The molecule has 12 rings (SSSR count). The second kappa shape index (κ2) is 40.1. The maximum absolute atomic E-state index is 16.1. The molecule has 128 heavy (non-hydrogen) atoms. The molecule has 0 aliphatic carbocycles. The maximum Gasteiger partial charge on any atom is 0.357 e. The molecular formula is C92H52B2F32I2. The number of hydrogen-bond donors (Lipinski definition) is 0. The van der Waals surface area contributed by atoms with E-state index in [4.69, 9.17) is 0 Å². The molecule has 0 spiro atoms. The number of halogens is 34. The maximum atomic E-state index is 16.1. The lowest BCUT2D eigenvalue weighted by Crippen LogP contribution is -3.61. The molecule has 0 aromatic heterocycles. The van der Waals surface area contributed by atoms with E-state index in [9.17, 15) is 0 Å². The summed E-state index contributed by atoms with van der Waals surface area (Å²) in [6.45, 7) is 29.2. The average molecular weight is 2040 g/mol. The number of benzene rings is 12. The highest BCUT2D eigenvalue weighted by atomic mass is 127. The molecule has 0 heterocycles. The fourth-order valence-electron chi connectivity index (χ4n) is 14.2. The molecule has 664 valence electrons. The Morgan fingerprint density at radius 3 is 0.461 bits per heavy atom. The lowest BCUT2D eigenvalue weighted by molar-refractivity contribution is -0.597. The zero-order chi connectivity index (χ0) is 95.6. The van der Waals surface area contributed by atoms with E-state index in [1.54, 1.807) is 0 Å². The van der Waals surface area contributed by atoms with Gasteiger partial charge in [0.25, 0.3) is 0 Å². The molecule has 0 bridgehead atoms. The van der Waals surface area contributed by atoms with Crippen LogP contribution in [0.4, 0.5) is 140 Å². The van der Waals surface area contributed by atoms with Crippen molar-refractivity contribution in [2.45, 2.75) is 26.7 Å². The van der Waals surface area contributed by atoms with Crippen molar-refractivity contribution in [3.8, 4) is 0 Å². The number of hydrogen-bond acceptors (Lipinski definition) is 0. The minimum Gasteiger partial charge on any atom is -0.207 e. The van der Waals surface area contributed by atoms with Crippen molar-refractivity contribution in [3.05, 3.63) is 418 Å². The molecule has 0 radical (unpaired) electrons. The topological polar surface area (TPSA) is 0 Å². The van der Waals surface area contributed by atoms with E-state index in [1.165, 1.54) is 25.4 Å². The molecule has 0 amide bonds. The average Bonchev–Trinajstić information content (AvgIpc) is 0.683. The van der Waals surface area contributed by atoms with Gasteiger partial charge in [0.15, 0.2) is 107 Å². The van der Waals surface area contributed by atoms with E-state index in [1.807, 2.05) is 0 Å². The lowest BCUT2D eigenvalue weighted by Gasteiger charge is -2.45. The monoisotopic (exact) mass is 2040 g/mol. The van der Waals surface area contributed by atoms with Crippen LogP contribution in [0.15, 0.2) is 162 Å². The minimum absolute atomic E-state index is 0.0167. The Morgan fingerprint density at radius 1 is 0.195 bits per heavy atom. The molecule has 0 aliphatic heterocycles. The quantitative estimate of drug-likeness (QED) is 0.0291. The van der Waals surface area contributed by atoms with Crippen molar-refractivity contribution < 1.29 is 183 Å². The first-order valence-corrected chi connectivity index (χ1v) is 40.4. The van der Waals surface area contributed by atoms with Gasteiger partial charge >= 0.3 is 42.4 Å². The van der Waals surface area contributed by atoms with Crippen molar-refractivity contribution in [2.24, 2.45) is 0 Å².